The standard InChI is InChI=1S/C9H12Cl2O2/c1-6(10)7-2-4-8(5-3-7)9(12)13-11/h7-8H,1-5H2. The topological polar surface area (TPSA) is 26.3 Å². The maximum absolute atomic E-state index is 11.0. The van der Waals surface area contributed by atoms with E-state index in [-0.39, 0.29) is 11.9 Å². The highest BCUT2D eigenvalue weighted by atomic mass is 35.5. The van der Waals surface area contributed by atoms with Crippen LogP contribution in [0.4, 0.5) is 0 Å². The van der Waals surface area contributed by atoms with Crippen LogP contribution in [0.2, 0.25) is 0 Å². The minimum absolute atomic E-state index is 0.0511. The molecule has 0 aliphatic heterocycles. The van der Waals surface area contributed by atoms with Crippen LogP contribution in [0.1, 0.15) is 25.7 Å². The molecule has 0 aromatic heterocycles. The van der Waals surface area contributed by atoms with Crippen LogP contribution >= 0.6 is 23.5 Å². The Balaban J connectivity index is 2.39. The van der Waals surface area contributed by atoms with Gasteiger partial charge in [-0.1, -0.05) is 18.2 Å². The molecule has 1 rings (SSSR count). The molecule has 0 aromatic rings. The zero-order valence-corrected chi connectivity index (χ0v) is 8.77. The highest BCUT2D eigenvalue weighted by molar-refractivity contribution is 6.29. The van der Waals surface area contributed by atoms with Gasteiger partial charge in [0.05, 0.1) is 5.92 Å². The van der Waals surface area contributed by atoms with Crippen molar-refractivity contribution in [3.05, 3.63) is 11.6 Å². The Bertz CT molecular complexity index is 208. The van der Waals surface area contributed by atoms with E-state index in [1.165, 1.54) is 0 Å². The van der Waals surface area contributed by atoms with Gasteiger partial charge < -0.3 is 4.29 Å². The second-order valence-electron chi connectivity index (χ2n) is 3.39. The third-order valence-corrected chi connectivity index (χ3v) is 3.04. The average Bonchev–Trinajstić information content (AvgIpc) is 2.17. The van der Waals surface area contributed by atoms with E-state index in [0.29, 0.717) is 11.0 Å². The highest BCUT2D eigenvalue weighted by Gasteiger charge is 2.28. The molecule has 1 fully saturated rings. The number of rotatable bonds is 2. The van der Waals surface area contributed by atoms with Gasteiger partial charge in [0.2, 0.25) is 0 Å². The van der Waals surface area contributed by atoms with Crippen molar-refractivity contribution in [2.75, 3.05) is 0 Å². The largest absolute Gasteiger partial charge is 0.347 e. The van der Waals surface area contributed by atoms with Crippen LogP contribution in [0.15, 0.2) is 11.6 Å². The molecule has 74 valence electrons. The van der Waals surface area contributed by atoms with Crippen LogP contribution in [0.5, 0.6) is 0 Å². The normalized spacial score (nSPS) is 28.2. The van der Waals surface area contributed by atoms with Gasteiger partial charge in [-0.15, -0.1) is 0 Å². The summed E-state index contributed by atoms with van der Waals surface area (Å²) in [7, 11) is 0. The molecule has 0 radical (unpaired) electrons. The van der Waals surface area contributed by atoms with E-state index >= 15 is 0 Å². The SMILES string of the molecule is C=C(Cl)C1CCC(C(=O)OCl)CC1. The molecule has 0 heterocycles. The molecule has 1 aliphatic carbocycles. The maximum Gasteiger partial charge on any atom is 0.327 e. The summed E-state index contributed by atoms with van der Waals surface area (Å²) < 4.78 is 4.16. The quantitative estimate of drug-likeness (QED) is 0.718. The molecule has 4 heteroatoms. The van der Waals surface area contributed by atoms with Gasteiger partial charge in [-0.2, -0.15) is 0 Å². The summed E-state index contributed by atoms with van der Waals surface area (Å²) in [5, 5.41) is 0.692. The van der Waals surface area contributed by atoms with Gasteiger partial charge in [-0.25, -0.2) is 0 Å². The molecule has 0 aromatic carbocycles. The molecule has 0 atom stereocenters. The predicted octanol–water partition coefficient (Wildman–Crippen LogP) is 3.24. The van der Waals surface area contributed by atoms with Gasteiger partial charge in [0.1, 0.15) is 11.9 Å². The van der Waals surface area contributed by atoms with Crippen LogP contribution in [-0.4, -0.2) is 5.97 Å². The molecule has 0 N–H and O–H groups in total. The second-order valence-corrected chi connectivity index (χ2v) is 4.03. The molecular formula is C9H12Cl2O2. The first-order chi connectivity index (χ1) is 6.15. The minimum atomic E-state index is -0.319. The van der Waals surface area contributed by atoms with Gasteiger partial charge in [0, 0.05) is 5.03 Å². The van der Waals surface area contributed by atoms with Crippen LogP contribution < -0.4 is 0 Å². The summed E-state index contributed by atoms with van der Waals surface area (Å²) >= 11 is 10.8. The van der Waals surface area contributed by atoms with Crippen molar-refractivity contribution in [1.82, 2.24) is 0 Å². The summed E-state index contributed by atoms with van der Waals surface area (Å²) in [5.74, 6) is -0.0221. The lowest BCUT2D eigenvalue weighted by atomic mass is 9.82. The van der Waals surface area contributed by atoms with Crippen molar-refractivity contribution in [2.24, 2.45) is 11.8 Å². The molecule has 13 heavy (non-hydrogen) atoms. The Kier molecular flexibility index (Phi) is 4.07. The fourth-order valence-corrected chi connectivity index (χ4v) is 2.05. The molecule has 2 nitrogen and oxygen atoms in total. The minimum Gasteiger partial charge on any atom is -0.347 e. The van der Waals surface area contributed by atoms with E-state index in [4.69, 9.17) is 23.5 Å². The molecule has 1 saturated carbocycles. The Hall–Kier alpha value is -0.210. The Morgan fingerprint density at radius 1 is 1.23 bits per heavy atom. The van der Waals surface area contributed by atoms with E-state index in [0.717, 1.165) is 25.7 Å². The number of hydrogen-bond donors (Lipinski definition) is 0. The number of hydrogen-bond acceptors (Lipinski definition) is 2. The van der Waals surface area contributed by atoms with Crippen LogP contribution in [0.3, 0.4) is 0 Å². The van der Waals surface area contributed by atoms with Crippen molar-refractivity contribution in [2.45, 2.75) is 25.7 Å². The molecule has 0 spiro atoms. The molecule has 0 bridgehead atoms. The van der Waals surface area contributed by atoms with Gasteiger partial charge in [-0.3, -0.25) is 4.79 Å². The van der Waals surface area contributed by atoms with Gasteiger partial charge >= 0.3 is 5.97 Å². The zero-order chi connectivity index (χ0) is 9.84. The van der Waals surface area contributed by atoms with Crippen LogP contribution in [-0.2, 0) is 9.08 Å². The summed E-state index contributed by atoms with van der Waals surface area (Å²) in [4.78, 5) is 11.0. The van der Waals surface area contributed by atoms with E-state index in [2.05, 4.69) is 10.9 Å². The van der Waals surface area contributed by atoms with E-state index in [1.54, 1.807) is 0 Å². The lowest BCUT2D eigenvalue weighted by molar-refractivity contribution is -0.139. The summed E-state index contributed by atoms with van der Waals surface area (Å²) in [5.41, 5.74) is 0. The van der Waals surface area contributed by atoms with E-state index in [1.807, 2.05) is 0 Å². The molecule has 1 aliphatic rings. The van der Waals surface area contributed by atoms with E-state index in [9.17, 15) is 4.79 Å². The number of carbonyl (C=O) groups is 1. The van der Waals surface area contributed by atoms with E-state index < -0.39 is 0 Å². The Labute approximate surface area is 88.0 Å². The monoisotopic (exact) mass is 222 g/mol. The first-order valence-corrected chi connectivity index (χ1v) is 5.00. The smallest absolute Gasteiger partial charge is 0.327 e. The number of halogens is 2. The van der Waals surface area contributed by atoms with Crippen molar-refractivity contribution in [3.63, 3.8) is 0 Å². The second kappa shape index (κ2) is 4.87. The fraction of sp³-hybridized carbons (Fsp3) is 0.667. The molecule has 0 unspecified atom stereocenters. The maximum atomic E-state index is 11.0. The van der Waals surface area contributed by atoms with Crippen LogP contribution in [0, 0.1) is 11.8 Å². The number of allylic oxidation sites excluding steroid dienone is 1. The van der Waals surface area contributed by atoms with Crippen molar-refractivity contribution in [1.29, 1.82) is 0 Å². The van der Waals surface area contributed by atoms with Crippen LogP contribution in [0.25, 0.3) is 0 Å². The summed E-state index contributed by atoms with van der Waals surface area (Å²) in [6.45, 7) is 3.69. The molecular weight excluding hydrogens is 211 g/mol. The Morgan fingerprint density at radius 3 is 2.08 bits per heavy atom. The first-order valence-electron chi connectivity index (χ1n) is 4.32. The third-order valence-electron chi connectivity index (χ3n) is 2.58. The predicted molar refractivity (Wildman–Crippen MR) is 52.4 cm³/mol. The van der Waals surface area contributed by atoms with Gasteiger partial charge in [0.25, 0.3) is 0 Å². The lowest BCUT2D eigenvalue weighted by Gasteiger charge is -2.25. The molecule has 0 amide bonds. The average molecular weight is 223 g/mol. The van der Waals surface area contributed by atoms with Gasteiger partial charge in [0.15, 0.2) is 0 Å². The fourth-order valence-electron chi connectivity index (χ4n) is 1.71. The van der Waals surface area contributed by atoms with Crippen molar-refractivity contribution >= 4 is 29.4 Å². The summed E-state index contributed by atoms with van der Waals surface area (Å²) in [6, 6.07) is 0. The first kappa shape index (κ1) is 10.9. The highest BCUT2D eigenvalue weighted by Crippen LogP contribution is 2.34. The molecule has 0 saturated heterocycles. The van der Waals surface area contributed by atoms with Crippen molar-refractivity contribution < 1.29 is 9.08 Å². The summed E-state index contributed by atoms with van der Waals surface area (Å²) in [6.07, 6.45) is 3.39. The third kappa shape index (κ3) is 2.89. The van der Waals surface area contributed by atoms with Gasteiger partial charge in [-0.05, 0) is 31.6 Å². The number of carbonyl (C=O) groups excluding carboxylic acids is 1. The Morgan fingerprint density at radius 2 is 1.69 bits per heavy atom. The zero-order valence-electron chi connectivity index (χ0n) is 7.26. The lowest BCUT2D eigenvalue weighted by Crippen LogP contribution is -2.21. The van der Waals surface area contributed by atoms with Crippen molar-refractivity contribution in [3.8, 4) is 0 Å².